The van der Waals surface area contributed by atoms with Crippen LogP contribution in [0.2, 0.25) is 0 Å². The van der Waals surface area contributed by atoms with Gasteiger partial charge in [-0.2, -0.15) is 0 Å². The minimum absolute atomic E-state index is 0.105. The van der Waals surface area contributed by atoms with Crippen molar-refractivity contribution in [2.24, 2.45) is 11.7 Å². The van der Waals surface area contributed by atoms with Gasteiger partial charge in [0.15, 0.2) is 0 Å². The van der Waals surface area contributed by atoms with Gasteiger partial charge in [0, 0.05) is 24.2 Å². The van der Waals surface area contributed by atoms with Crippen molar-refractivity contribution < 1.29 is 4.39 Å². The number of hydrogen-bond acceptors (Lipinski definition) is 2. The minimum Gasteiger partial charge on any atom is -0.330 e. The molecule has 0 bridgehead atoms. The Bertz CT molecular complexity index is 394. The third-order valence-electron chi connectivity index (χ3n) is 4.21. The van der Waals surface area contributed by atoms with Crippen molar-refractivity contribution in [2.75, 3.05) is 13.1 Å². The van der Waals surface area contributed by atoms with Gasteiger partial charge in [-0.1, -0.05) is 18.2 Å². The normalized spacial score (nSPS) is 27.1. The molecule has 0 spiro atoms. The van der Waals surface area contributed by atoms with Crippen molar-refractivity contribution in [1.82, 2.24) is 4.90 Å². The van der Waals surface area contributed by atoms with Crippen molar-refractivity contribution in [3.05, 3.63) is 35.6 Å². The van der Waals surface area contributed by atoms with E-state index >= 15 is 0 Å². The molecule has 0 aromatic heterocycles. The van der Waals surface area contributed by atoms with Crippen LogP contribution in [0.25, 0.3) is 0 Å². The Labute approximate surface area is 109 Å². The zero-order valence-electron chi connectivity index (χ0n) is 11.3. The first-order chi connectivity index (χ1) is 8.63. The van der Waals surface area contributed by atoms with E-state index in [-0.39, 0.29) is 11.9 Å². The fraction of sp³-hybridized carbons (Fsp3) is 0.600. The molecule has 3 atom stereocenters. The van der Waals surface area contributed by atoms with E-state index in [2.05, 4.69) is 18.7 Å². The van der Waals surface area contributed by atoms with Crippen LogP contribution in [0.15, 0.2) is 24.3 Å². The zero-order valence-corrected chi connectivity index (χ0v) is 11.3. The summed E-state index contributed by atoms with van der Waals surface area (Å²) in [6.07, 6.45) is 2.35. The van der Waals surface area contributed by atoms with Crippen LogP contribution < -0.4 is 5.73 Å². The van der Waals surface area contributed by atoms with Crippen LogP contribution in [-0.2, 0) is 0 Å². The molecule has 0 aliphatic carbocycles. The molecule has 1 aromatic carbocycles. The highest BCUT2D eigenvalue weighted by Crippen LogP contribution is 2.31. The highest BCUT2D eigenvalue weighted by Gasteiger charge is 2.29. The lowest BCUT2D eigenvalue weighted by atomic mass is 9.91. The van der Waals surface area contributed by atoms with E-state index in [1.165, 1.54) is 6.42 Å². The largest absolute Gasteiger partial charge is 0.330 e. The lowest BCUT2D eigenvalue weighted by molar-refractivity contribution is 0.0797. The van der Waals surface area contributed by atoms with Gasteiger partial charge >= 0.3 is 0 Å². The number of hydrogen-bond donors (Lipinski definition) is 1. The molecular weight excluding hydrogens is 227 g/mol. The van der Waals surface area contributed by atoms with E-state index in [0.29, 0.717) is 12.0 Å². The molecule has 3 heteroatoms. The van der Waals surface area contributed by atoms with E-state index in [1.807, 2.05) is 12.1 Å². The van der Waals surface area contributed by atoms with Gasteiger partial charge in [0.25, 0.3) is 0 Å². The van der Waals surface area contributed by atoms with Crippen LogP contribution in [0.1, 0.15) is 38.3 Å². The Morgan fingerprint density at radius 2 is 2.11 bits per heavy atom. The second-order valence-electron chi connectivity index (χ2n) is 5.42. The van der Waals surface area contributed by atoms with E-state index in [1.54, 1.807) is 12.1 Å². The molecular formula is C15H23FN2. The van der Waals surface area contributed by atoms with Crippen molar-refractivity contribution in [2.45, 2.75) is 38.8 Å². The summed E-state index contributed by atoms with van der Waals surface area (Å²) >= 11 is 0. The first kappa shape index (κ1) is 13.5. The number of likely N-dealkylation sites (tertiary alicyclic amines) is 1. The van der Waals surface area contributed by atoms with Crippen molar-refractivity contribution in [1.29, 1.82) is 0 Å². The summed E-state index contributed by atoms with van der Waals surface area (Å²) in [4.78, 5) is 2.39. The maximum absolute atomic E-state index is 13.8. The average Bonchev–Trinajstić information content (AvgIpc) is 2.39. The third kappa shape index (κ3) is 2.73. The summed E-state index contributed by atoms with van der Waals surface area (Å²) < 4.78 is 13.8. The van der Waals surface area contributed by atoms with Crippen LogP contribution in [0.3, 0.4) is 0 Å². The smallest absolute Gasteiger partial charge is 0.127 e. The Morgan fingerprint density at radius 3 is 2.78 bits per heavy atom. The van der Waals surface area contributed by atoms with E-state index in [9.17, 15) is 4.39 Å². The summed E-state index contributed by atoms with van der Waals surface area (Å²) in [6.45, 7) is 6.03. The summed E-state index contributed by atoms with van der Waals surface area (Å²) in [7, 11) is 0. The fourth-order valence-electron chi connectivity index (χ4n) is 2.94. The molecule has 1 aliphatic rings. The Balaban J connectivity index is 2.16. The molecule has 1 heterocycles. The predicted octanol–water partition coefficient (Wildman–Crippen LogP) is 2.95. The quantitative estimate of drug-likeness (QED) is 0.893. The topological polar surface area (TPSA) is 29.3 Å². The Hall–Kier alpha value is -0.930. The Morgan fingerprint density at radius 1 is 1.39 bits per heavy atom. The molecule has 2 N–H and O–H groups in total. The van der Waals surface area contributed by atoms with Gasteiger partial charge < -0.3 is 5.73 Å². The van der Waals surface area contributed by atoms with Crippen molar-refractivity contribution >= 4 is 0 Å². The lowest BCUT2D eigenvalue weighted by Gasteiger charge is -2.41. The number of halogens is 1. The number of rotatable bonds is 3. The molecule has 1 aliphatic heterocycles. The van der Waals surface area contributed by atoms with Gasteiger partial charge in [-0.05, 0) is 45.2 Å². The summed E-state index contributed by atoms with van der Waals surface area (Å²) in [5.74, 6) is 0.447. The molecule has 100 valence electrons. The molecule has 1 saturated heterocycles. The number of benzene rings is 1. The average molecular weight is 250 g/mol. The second-order valence-corrected chi connectivity index (χ2v) is 5.42. The van der Waals surface area contributed by atoms with Gasteiger partial charge in [0.2, 0.25) is 0 Å². The van der Waals surface area contributed by atoms with E-state index in [0.717, 1.165) is 25.1 Å². The Kier molecular flexibility index (Phi) is 4.36. The maximum Gasteiger partial charge on any atom is 0.127 e. The van der Waals surface area contributed by atoms with Gasteiger partial charge in [0.05, 0.1) is 0 Å². The summed E-state index contributed by atoms with van der Waals surface area (Å²) in [6, 6.07) is 7.70. The molecule has 0 amide bonds. The number of nitrogens with zero attached hydrogens (tertiary/aromatic N) is 1. The van der Waals surface area contributed by atoms with Gasteiger partial charge in [-0.3, -0.25) is 4.90 Å². The van der Waals surface area contributed by atoms with Crippen LogP contribution >= 0.6 is 0 Å². The maximum atomic E-state index is 13.8. The standard InChI is InChI=1S/C15H23FN2/c1-11-7-8-13(9-17)10-18(11)12(2)14-5-3-4-6-15(14)16/h3-6,11-13H,7-10,17H2,1-2H3. The van der Waals surface area contributed by atoms with E-state index in [4.69, 9.17) is 5.73 Å². The van der Waals surface area contributed by atoms with Gasteiger partial charge in [0.1, 0.15) is 5.82 Å². The summed E-state index contributed by atoms with van der Waals surface area (Å²) in [5, 5.41) is 0. The van der Waals surface area contributed by atoms with Gasteiger partial charge in [-0.25, -0.2) is 4.39 Å². The molecule has 1 aromatic rings. The highest BCUT2D eigenvalue weighted by atomic mass is 19.1. The van der Waals surface area contributed by atoms with Crippen molar-refractivity contribution in [3.63, 3.8) is 0 Å². The van der Waals surface area contributed by atoms with Crippen LogP contribution in [0, 0.1) is 11.7 Å². The first-order valence-corrected chi connectivity index (χ1v) is 6.83. The monoisotopic (exact) mass is 250 g/mol. The third-order valence-corrected chi connectivity index (χ3v) is 4.21. The zero-order chi connectivity index (χ0) is 13.1. The highest BCUT2D eigenvalue weighted by molar-refractivity contribution is 5.21. The number of piperidine rings is 1. The minimum atomic E-state index is -0.105. The second kappa shape index (κ2) is 5.81. The van der Waals surface area contributed by atoms with Crippen LogP contribution in [0.4, 0.5) is 4.39 Å². The molecule has 18 heavy (non-hydrogen) atoms. The molecule has 2 rings (SSSR count). The number of nitrogens with two attached hydrogens (primary N) is 1. The molecule has 3 unspecified atom stereocenters. The van der Waals surface area contributed by atoms with Gasteiger partial charge in [-0.15, -0.1) is 0 Å². The first-order valence-electron chi connectivity index (χ1n) is 6.83. The molecule has 0 saturated carbocycles. The van der Waals surface area contributed by atoms with E-state index < -0.39 is 0 Å². The van der Waals surface area contributed by atoms with Crippen molar-refractivity contribution in [3.8, 4) is 0 Å². The molecule has 0 radical (unpaired) electrons. The fourth-order valence-corrected chi connectivity index (χ4v) is 2.94. The lowest BCUT2D eigenvalue weighted by Crippen LogP contribution is -2.45. The predicted molar refractivity (Wildman–Crippen MR) is 72.8 cm³/mol. The van der Waals surface area contributed by atoms with Crippen LogP contribution in [-0.4, -0.2) is 24.0 Å². The molecule has 1 fully saturated rings. The SMILES string of the molecule is CC1CCC(CN)CN1C(C)c1ccccc1F. The van der Waals surface area contributed by atoms with Crippen LogP contribution in [0.5, 0.6) is 0 Å². The summed E-state index contributed by atoms with van der Waals surface area (Å²) in [5.41, 5.74) is 6.57. The molecule has 2 nitrogen and oxygen atoms in total.